The number of rotatable bonds is 1. The summed E-state index contributed by atoms with van der Waals surface area (Å²) in [5, 5.41) is 13.8. The summed E-state index contributed by atoms with van der Waals surface area (Å²) in [5.74, 6) is -0.0805. The van der Waals surface area contributed by atoms with Crippen molar-refractivity contribution < 1.29 is 14.6 Å². The van der Waals surface area contributed by atoms with Crippen LogP contribution in [0, 0.1) is 0 Å². The Kier molecular flexibility index (Phi) is 7.57. The summed E-state index contributed by atoms with van der Waals surface area (Å²) in [6.45, 7) is 5.53. The van der Waals surface area contributed by atoms with Gasteiger partial charge in [0.2, 0.25) is 0 Å². The molecule has 8 heteroatoms. The molecule has 23 heavy (non-hydrogen) atoms. The Morgan fingerprint density at radius 1 is 1.09 bits per heavy atom. The topological polar surface area (TPSA) is 65.0 Å². The standard InChI is InChI=1S/C15H27N3O3.2ClH/c1-17-10-11-21-14(12-17)4-8-18(9-5-14)13(19)15(20)2-6-16-7-3-15;;/h16,20H,2-12H2,1H3;2*1H. The normalized spacial score (nSPS) is 27.0. The third kappa shape index (κ3) is 4.50. The molecule has 0 bridgehead atoms. The second kappa shape index (κ2) is 8.32. The number of halogens is 2. The van der Waals surface area contributed by atoms with E-state index in [1.807, 2.05) is 4.90 Å². The number of amides is 1. The van der Waals surface area contributed by atoms with Crippen LogP contribution in [0.2, 0.25) is 0 Å². The van der Waals surface area contributed by atoms with Crippen LogP contribution in [-0.4, -0.2) is 84.9 Å². The van der Waals surface area contributed by atoms with E-state index in [0.29, 0.717) is 39.0 Å². The summed E-state index contributed by atoms with van der Waals surface area (Å²) >= 11 is 0. The van der Waals surface area contributed by atoms with Gasteiger partial charge in [0.15, 0.2) is 0 Å². The van der Waals surface area contributed by atoms with Crippen LogP contribution < -0.4 is 5.32 Å². The lowest BCUT2D eigenvalue weighted by Crippen LogP contribution is -2.60. The van der Waals surface area contributed by atoms with Gasteiger partial charge in [-0.25, -0.2) is 0 Å². The van der Waals surface area contributed by atoms with Crippen molar-refractivity contribution in [1.29, 1.82) is 0 Å². The molecule has 136 valence electrons. The molecule has 0 radical (unpaired) electrons. The van der Waals surface area contributed by atoms with E-state index in [2.05, 4.69) is 17.3 Å². The second-order valence-electron chi connectivity index (χ2n) is 6.84. The van der Waals surface area contributed by atoms with Crippen LogP contribution in [0.1, 0.15) is 25.7 Å². The molecular formula is C15H29Cl2N3O3. The Morgan fingerprint density at radius 3 is 2.26 bits per heavy atom. The number of morpholine rings is 1. The summed E-state index contributed by atoms with van der Waals surface area (Å²) < 4.78 is 6.02. The van der Waals surface area contributed by atoms with E-state index in [1.165, 1.54) is 0 Å². The third-order valence-corrected chi connectivity index (χ3v) is 5.23. The first-order chi connectivity index (χ1) is 10.0. The largest absolute Gasteiger partial charge is 0.380 e. The fraction of sp³-hybridized carbons (Fsp3) is 0.933. The number of aliphatic hydroxyl groups is 1. The van der Waals surface area contributed by atoms with Crippen LogP contribution in [0.5, 0.6) is 0 Å². The molecule has 0 aliphatic carbocycles. The first kappa shape index (κ1) is 20.9. The van der Waals surface area contributed by atoms with Crippen LogP contribution >= 0.6 is 24.8 Å². The number of piperidine rings is 2. The minimum absolute atomic E-state index is 0. The molecule has 3 aliphatic heterocycles. The first-order valence-electron chi connectivity index (χ1n) is 8.08. The van der Waals surface area contributed by atoms with E-state index in [4.69, 9.17) is 4.74 Å². The van der Waals surface area contributed by atoms with Crippen LogP contribution in [0.3, 0.4) is 0 Å². The molecule has 6 nitrogen and oxygen atoms in total. The average Bonchev–Trinajstić information content (AvgIpc) is 2.48. The Labute approximate surface area is 150 Å². The minimum atomic E-state index is -1.15. The summed E-state index contributed by atoms with van der Waals surface area (Å²) in [7, 11) is 2.12. The van der Waals surface area contributed by atoms with Gasteiger partial charge in [0.1, 0.15) is 5.60 Å². The smallest absolute Gasteiger partial charge is 0.254 e. The van der Waals surface area contributed by atoms with Crippen molar-refractivity contribution in [3.8, 4) is 0 Å². The van der Waals surface area contributed by atoms with Crippen LogP contribution in [-0.2, 0) is 9.53 Å². The lowest BCUT2D eigenvalue weighted by atomic mass is 9.86. The van der Waals surface area contributed by atoms with Gasteiger partial charge in [-0.1, -0.05) is 0 Å². The van der Waals surface area contributed by atoms with E-state index < -0.39 is 5.60 Å². The fourth-order valence-electron chi connectivity index (χ4n) is 3.80. The van der Waals surface area contributed by atoms with Gasteiger partial charge in [0, 0.05) is 26.2 Å². The molecule has 3 rings (SSSR count). The molecule has 0 atom stereocenters. The monoisotopic (exact) mass is 369 g/mol. The number of likely N-dealkylation sites (tertiary alicyclic amines) is 1. The van der Waals surface area contributed by atoms with Crippen molar-refractivity contribution in [2.75, 3.05) is 52.9 Å². The Bertz CT molecular complexity index is 397. The van der Waals surface area contributed by atoms with Crippen molar-refractivity contribution in [2.24, 2.45) is 0 Å². The number of ether oxygens (including phenoxy) is 1. The highest BCUT2D eigenvalue weighted by Gasteiger charge is 2.44. The van der Waals surface area contributed by atoms with Crippen LogP contribution in [0.15, 0.2) is 0 Å². The molecule has 3 aliphatic rings. The zero-order valence-corrected chi connectivity index (χ0v) is 15.4. The van der Waals surface area contributed by atoms with Gasteiger partial charge in [-0.2, -0.15) is 0 Å². The Morgan fingerprint density at radius 2 is 1.70 bits per heavy atom. The summed E-state index contributed by atoms with van der Waals surface area (Å²) in [6.07, 6.45) is 2.79. The zero-order chi connectivity index (χ0) is 14.9. The number of hydrogen-bond donors (Lipinski definition) is 2. The molecule has 0 unspecified atom stereocenters. The molecule has 1 amide bonds. The molecule has 0 aromatic heterocycles. The second-order valence-corrected chi connectivity index (χ2v) is 6.84. The summed E-state index contributed by atoms with van der Waals surface area (Å²) in [6, 6.07) is 0. The highest BCUT2D eigenvalue weighted by Crippen LogP contribution is 2.31. The van der Waals surface area contributed by atoms with Gasteiger partial charge in [-0.15, -0.1) is 24.8 Å². The van der Waals surface area contributed by atoms with Gasteiger partial charge in [-0.3, -0.25) is 4.79 Å². The minimum Gasteiger partial charge on any atom is -0.380 e. The van der Waals surface area contributed by atoms with Crippen molar-refractivity contribution in [3.05, 3.63) is 0 Å². The predicted molar refractivity (Wildman–Crippen MR) is 93.5 cm³/mol. The summed E-state index contributed by atoms with van der Waals surface area (Å²) in [4.78, 5) is 16.8. The number of carbonyl (C=O) groups is 1. The maximum absolute atomic E-state index is 12.6. The van der Waals surface area contributed by atoms with Crippen molar-refractivity contribution in [3.63, 3.8) is 0 Å². The molecule has 0 saturated carbocycles. The molecule has 3 fully saturated rings. The Balaban J connectivity index is 0.00000132. The number of hydrogen-bond acceptors (Lipinski definition) is 5. The maximum Gasteiger partial charge on any atom is 0.254 e. The van der Waals surface area contributed by atoms with Crippen molar-refractivity contribution in [1.82, 2.24) is 15.1 Å². The van der Waals surface area contributed by atoms with Gasteiger partial charge >= 0.3 is 0 Å². The lowest BCUT2D eigenvalue weighted by molar-refractivity contribution is -0.165. The summed E-state index contributed by atoms with van der Waals surface area (Å²) in [5.41, 5.74) is -1.24. The van der Waals surface area contributed by atoms with Crippen LogP contribution in [0.4, 0.5) is 0 Å². The lowest BCUT2D eigenvalue weighted by Gasteiger charge is -2.47. The highest BCUT2D eigenvalue weighted by molar-refractivity contribution is 5.86. The van der Waals surface area contributed by atoms with E-state index in [-0.39, 0.29) is 36.3 Å². The molecule has 3 saturated heterocycles. The van der Waals surface area contributed by atoms with Gasteiger partial charge in [-0.05, 0) is 45.8 Å². The molecular weight excluding hydrogens is 341 g/mol. The van der Waals surface area contributed by atoms with Crippen LogP contribution in [0.25, 0.3) is 0 Å². The molecule has 2 N–H and O–H groups in total. The molecule has 0 aromatic carbocycles. The van der Waals surface area contributed by atoms with E-state index in [1.54, 1.807) is 0 Å². The predicted octanol–water partition coefficient (Wildman–Crippen LogP) is 0.268. The number of nitrogens with zero attached hydrogens (tertiary/aromatic N) is 2. The van der Waals surface area contributed by atoms with Gasteiger partial charge < -0.3 is 25.0 Å². The molecule has 1 spiro atoms. The van der Waals surface area contributed by atoms with E-state index in [0.717, 1.165) is 32.5 Å². The molecule has 3 heterocycles. The number of carbonyl (C=O) groups excluding carboxylic acids is 1. The first-order valence-corrected chi connectivity index (χ1v) is 8.08. The average molecular weight is 370 g/mol. The SMILES string of the molecule is CN1CCOC2(CCN(C(=O)C3(O)CCNCC3)CC2)C1.Cl.Cl. The van der Waals surface area contributed by atoms with Gasteiger partial charge in [0.25, 0.3) is 5.91 Å². The van der Waals surface area contributed by atoms with E-state index >= 15 is 0 Å². The van der Waals surface area contributed by atoms with Crippen molar-refractivity contribution in [2.45, 2.75) is 36.9 Å². The van der Waals surface area contributed by atoms with E-state index in [9.17, 15) is 9.90 Å². The fourth-order valence-corrected chi connectivity index (χ4v) is 3.80. The maximum atomic E-state index is 12.6. The third-order valence-electron chi connectivity index (χ3n) is 5.23. The zero-order valence-electron chi connectivity index (χ0n) is 13.8. The molecule has 0 aromatic rings. The highest BCUT2D eigenvalue weighted by atomic mass is 35.5. The quantitative estimate of drug-likeness (QED) is 0.694. The Hall–Kier alpha value is -0.110. The van der Waals surface area contributed by atoms with Gasteiger partial charge in [0.05, 0.1) is 12.2 Å². The van der Waals surface area contributed by atoms with Crippen molar-refractivity contribution >= 4 is 30.7 Å². The number of likely N-dealkylation sites (N-methyl/N-ethyl adjacent to an activating group) is 1. The number of nitrogens with one attached hydrogen (secondary N) is 1.